The summed E-state index contributed by atoms with van der Waals surface area (Å²) in [4.78, 5) is 11.5. The summed E-state index contributed by atoms with van der Waals surface area (Å²) in [6, 6.07) is 5.50. The number of carbonyl (C=O) groups is 1. The van der Waals surface area contributed by atoms with Gasteiger partial charge in [-0.1, -0.05) is 0 Å². The van der Waals surface area contributed by atoms with Crippen molar-refractivity contribution in [3.63, 3.8) is 0 Å². The van der Waals surface area contributed by atoms with Crippen LogP contribution < -0.4 is 10.0 Å². The van der Waals surface area contributed by atoms with Crippen molar-refractivity contribution in [2.24, 2.45) is 0 Å². The predicted octanol–water partition coefficient (Wildman–Crippen LogP) is 1.35. The molecule has 2 N–H and O–H groups in total. The van der Waals surface area contributed by atoms with E-state index in [9.17, 15) is 13.2 Å². The van der Waals surface area contributed by atoms with E-state index in [0.29, 0.717) is 5.69 Å². The number of anilines is 1. The molecule has 0 bridgehead atoms. The molecule has 0 aromatic heterocycles. The Bertz CT molecular complexity index is 552. The van der Waals surface area contributed by atoms with Crippen molar-refractivity contribution in [1.82, 2.24) is 4.72 Å². The number of methoxy groups -OCH3 is 1. The van der Waals surface area contributed by atoms with Crippen molar-refractivity contribution >= 4 is 21.7 Å². The van der Waals surface area contributed by atoms with E-state index in [1.807, 2.05) is 0 Å². The Balaban J connectivity index is 2.82. The molecule has 0 spiro atoms. The number of hydrogen-bond donors (Lipinski definition) is 2. The second-order valence-corrected chi connectivity index (χ2v) is 6.40. The van der Waals surface area contributed by atoms with Gasteiger partial charge in [-0.3, -0.25) is 0 Å². The van der Waals surface area contributed by atoms with Gasteiger partial charge in [0.15, 0.2) is 0 Å². The van der Waals surface area contributed by atoms with Crippen LogP contribution in [0.1, 0.15) is 20.8 Å². The first kappa shape index (κ1) is 16.5. The van der Waals surface area contributed by atoms with E-state index in [4.69, 9.17) is 0 Å². The van der Waals surface area contributed by atoms with Crippen LogP contribution in [0.4, 0.5) is 5.69 Å². The Hall–Kier alpha value is -1.60. The summed E-state index contributed by atoms with van der Waals surface area (Å²) in [6.07, 6.45) is 0. The van der Waals surface area contributed by atoms with E-state index >= 15 is 0 Å². The van der Waals surface area contributed by atoms with Gasteiger partial charge in [0.25, 0.3) is 0 Å². The van der Waals surface area contributed by atoms with E-state index in [0.717, 1.165) is 0 Å². The standard InChI is InChI=1S/C13H20N2O4S/c1-9(2)15-20(17,18)12-7-5-11(6-8-12)14-10(3)13(16)19-4/h5-10,14-15H,1-4H3. The average Bonchev–Trinajstić information content (AvgIpc) is 2.36. The second kappa shape index (κ2) is 6.71. The molecule has 112 valence electrons. The van der Waals surface area contributed by atoms with Crippen molar-refractivity contribution < 1.29 is 17.9 Å². The van der Waals surface area contributed by atoms with Crippen LogP contribution >= 0.6 is 0 Å². The highest BCUT2D eigenvalue weighted by Crippen LogP contribution is 2.15. The number of nitrogens with one attached hydrogen (secondary N) is 2. The van der Waals surface area contributed by atoms with Crippen LogP contribution in [0, 0.1) is 0 Å². The first-order valence-corrected chi connectivity index (χ1v) is 7.71. The lowest BCUT2D eigenvalue weighted by Gasteiger charge is -2.14. The Morgan fingerprint density at radius 1 is 1.15 bits per heavy atom. The summed E-state index contributed by atoms with van der Waals surface area (Å²) in [5.74, 6) is -0.386. The van der Waals surface area contributed by atoms with Gasteiger partial charge < -0.3 is 10.1 Å². The quantitative estimate of drug-likeness (QED) is 0.775. The lowest BCUT2D eigenvalue weighted by Crippen LogP contribution is -2.30. The molecular weight excluding hydrogens is 280 g/mol. The van der Waals surface area contributed by atoms with Gasteiger partial charge in [0.2, 0.25) is 10.0 Å². The normalized spacial score (nSPS) is 13.1. The second-order valence-electron chi connectivity index (χ2n) is 4.69. The number of carbonyl (C=O) groups excluding carboxylic acids is 1. The molecule has 20 heavy (non-hydrogen) atoms. The third-order valence-electron chi connectivity index (χ3n) is 2.49. The number of hydrogen-bond acceptors (Lipinski definition) is 5. The Morgan fingerprint density at radius 3 is 2.15 bits per heavy atom. The molecule has 0 aliphatic carbocycles. The highest BCUT2D eigenvalue weighted by atomic mass is 32.2. The van der Waals surface area contributed by atoms with E-state index in [-0.39, 0.29) is 16.9 Å². The number of sulfonamides is 1. The van der Waals surface area contributed by atoms with Gasteiger partial charge in [-0.2, -0.15) is 0 Å². The van der Waals surface area contributed by atoms with Crippen molar-refractivity contribution in [1.29, 1.82) is 0 Å². The molecule has 7 heteroatoms. The third-order valence-corrected chi connectivity index (χ3v) is 4.17. The molecule has 0 aliphatic heterocycles. The van der Waals surface area contributed by atoms with Gasteiger partial charge >= 0.3 is 5.97 Å². The molecule has 1 aromatic carbocycles. The van der Waals surface area contributed by atoms with Crippen LogP contribution in [-0.4, -0.2) is 33.6 Å². The van der Waals surface area contributed by atoms with E-state index in [1.165, 1.54) is 19.2 Å². The van der Waals surface area contributed by atoms with Crippen molar-refractivity contribution in [3.05, 3.63) is 24.3 Å². The summed E-state index contributed by atoms with van der Waals surface area (Å²) < 4.78 is 30.9. The van der Waals surface area contributed by atoms with Gasteiger partial charge in [0, 0.05) is 11.7 Å². The SMILES string of the molecule is COC(=O)C(C)Nc1ccc(S(=O)(=O)NC(C)C)cc1. The zero-order chi connectivity index (χ0) is 15.3. The van der Waals surface area contributed by atoms with Crippen LogP contribution in [-0.2, 0) is 19.6 Å². The zero-order valence-electron chi connectivity index (χ0n) is 12.0. The fourth-order valence-electron chi connectivity index (χ4n) is 1.59. The maximum absolute atomic E-state index is 11.9. The highest BCUT2D eigenvalue weighted by Gasteiger charge is 2.16. The topological polar surface area (TPSA) is 84.5 Å². The third kappa shape index (κ3) is 4.50. The largest absolute Gasteiger partial charge is 0.467 e. The molecule has 0 heterocycles. The first-order valence-electron chi connectivity index (χ1n) is 6.23. The molecule has 1 rings (SSSR count). The Morgan fingerprint density at radius 2 is 1.70 bits per heavy atom. The molecule has 1 unspecified atom stereocenters. The van der Waals surface area contributed by atoms with E-state index < -0.39 is 16.1 Å². The number of esters is 1. The molecule has 1 aromatic rings. The summed E-state index contributed by atoms with van der Waals surface area (Å²) >= 11 is 0. The summed E-state index contributed by atoms with van der Waals surface area (Å²) in [5, 5.41) is 2.92. The van der Waals surface area contributed by atoms with Crippen molar-refractivity contribution in [2.75, 3.05) is 12.4 Å². The lowest BCUT2D eigenvalue weighted by atomic mass is 10.2. The van der Waals surface area contributed by atoms with Gasteiger partial charge in [0.05, 0.1) is 12.0 Å². The number of ether oxygens (including phenoxy) is 1. The van der Waals surface area contributed by atoms with Gasteiger partial charge in [0.1, 0.15) is 6.04 Å². The summed E-state index contributed by atoms with van der Waals surface area (Å²) in [6.45, 7) is 5.17. The van der Waals surface area contributed by atoms with Gasteiger partial charge in [-0.05, 0) is 45.0 Å². The minimum Gasteiger partial charge on any atom is -0.467 e. The zero-order valence-corrected chi connectivity index (χ0v) is 12.8. The van der Waals surface area contributed by atoms with Crippen LogP contribution in [0.15, 0.2) is 29.2 Å². The maximum atomic E-state index is 11.9. The number of benzene rings is 1. The molecule has 1 atom stereocenters. The van der Waals surface area contributed by atoms with E-state index in [2.05, 4.69) is 14.8 Å². The summed E-state index contributed by atoms with van der Waals surface area (Å²) in [5.41, 5.74) is 0.645. The lowest BCUT2D eigenvalue weighted by molar-refractivity contribution is -0.141. The van der Waals surface area contributed by atoms with Crippen LogP contribution in [0.5, 0.6) is 0 Å². The summed E-state index contributed by atoms with van der Waals surface area (Å²) in [7, 11) is -2.18. The van der Waals surface area contributed by atoms with Crippen LogP contribution in [0.25, 0.3) is 0 Å². The highest BCUT2D eigenvalue weighted by molar-refractivity contribution is 7.89. The predicted molar refractivity (Wildman–Crippen MR) is 77.0 cm³/mol. The molecule has 0 radical (unpaired) electrons. The molecule has 6 nitrogen and oxygen atoms in total. The maximum Gasteiger partial charge on any atom is 0.327 e. The minimum absolute atomic E-state index is 0.169. The van der Waals surface area contributed by atoms with Crippen LogP contribution in [0.3, 0.4) is 0 Å². The monoisotopic (exact) mass is 300 g/mol. The fraction of sp³-hybridized carbons (Fsp3) is 0.462. The Kier molecular flexibility index (Phi) is 5.52. The molecule has 0 saturated heterocycles. The van der Waals surface area contributed by atoms with Gasteiger partial charge in [-0.15, -0.1) is 0 Å². The Labute approximate surface area is 119 Å². The van der Waals surface area contributed by atoms with Crippen molar-refractivity contribution in [2.45, 2.75) is 37.8 Å². The molecule has 0 amide bonds. The molecular formula is C13H20N2O4S. The van der Waals surface area contributed by atoms with Crippen LogP contribution in [0.2, 0.25) is 0 Å². The fourth-order valence-corrected chi connectivity index (χ4v) is 2.85. The molecule has 0 aliphatic rings. The first-order chi connectivity index (χ1) is 9.26. The average molecular weight is 300 g/mol. The minimum atomic E-state index is -3.50. The molecule has 0 saturated carbocycles. The van der Waals surface area contributed by atoms with Gasteiger partial charge in [-0.25, -0.2) is 17.9 Å². The van der Waals surface area contributed by atoms with E-state index in [1.54, 1.807) is 32.9 Å². The van der Waals surface area contributed by atoms with Crippen molar-refractivity contribution in [3.8, 4) is 0 Å². The number of rotatable bonds is 6. The molecule has 0 fully saturated rings. The smallest absolute Gasteiger partial charge is 0.327 e.